The molecule has 0 unspecified atom stereocenters. The van der Waals surface area contributed by atoms with Gasteiger partial charge in [-0.15, -0.1) is 0 Å². The molecule has 0 atom stereocenters. The lowest BCUT2D eigenvalue weighted by Crippen LogP contribution is -2.22. The summed E-state index contributed by atoms with van der Waals surface area (Å²) >= 11 is 5.83. The van der Waals surface area contributed by atoms with E-state index in [-0.39, 0.29) is 5.91 Å². The van der Waals surface area contributed by atoms with Crippen LogP contribution in [0.2, 0.25) is 5.02 Å². The van der Waals surface area contributed by atoms with Crippen molar-refractivity contribution in [2.45, 2.75) is 26.3 Å². The zero-order valence-electron chi connectivity index (χ0n) is 13.8. The van der Waals surface area contributed by atoms with E-state index in [1.54, 1.807) is 0 Å². The summed E-state index contributed by atoms with van der Waals surface area (Å²) in [6, 6.07) is 15.0. The van der Waals surface area contributed by atoms with Gasteiger partial charge in [0.05, 0.1) is 13.2 Å². The second kappa shape index (κ2) is 9.83. The Balaban J connectivity index is 1.67. The number of nitrogens with one attached hydrogen (secondary N) is 1. The van der Waals surface area contributed by atoms with Gasteiger partial charge in [-0.05, 0) is 43.2 Å². The predicted octanol–water partition coefficient (Wildman–Crippen LogP) is 4.21. The molecule has 1 amide bonds. The summed E-state index contributed by atoms with van der Waals surface area (Å²) < 4.78 is 11.2. The molecule has 2 aromatic rings. The molecule has 2 aromatic carbocycles. The number of rotatable bonds is 9. The van der Waals surface area contributed by atoms with Crippen LogP contribution in [-0.4, -0.2) is 19.1 Å². The van der Waals surface area contributed by atoms with Crippen LogP contribution in [0.3, 0.4) is 0 Å². The van der Waals surface area contributed by atoms with Gasteiger partial charge >= 0.3 is 0 Å². The van der Waals surface area contributed by atoms with Crippen molar-refractivity contribution in [3.8, 4) is 11.5 Å². The van der Waals surface area contributed by atoms with Gasteiger partial charge in [0.2, 0.25) is 5.91 Å². The molecule has 128 valence electrons. The summed E-state index contributed by atoms with van der Waals surface area (Å²) in [6.07, 6.45) is 1.07. The highest BCUT2D eigenvalue weighted by atomic mass is 35.5. The molecule has 4 nitrogen and oxygen atoms in total. The van der Waals surface area contributed by atoms with Crippen molar-refractivity contribution in [2.24, 2.45) is 0 Å². The molecule has 24 heavy (non-hydrogen) atoms. The number of ether oxygens (including phenoxy) is 2. The fraction of sp³-hybridized carbons (Fsp3) is 0.316. The zero-order chi connectivity index (χ0) is 17.2. The monoisotopic (exact) mass is 347 g/mol. The molecule has 0 fully saturated rings. The van der Waals surface area contributed by atoms with Crippen molar-refractivity contribution in [3.05, 3.63) is 59.1 Å². The maximum absolute atomic E-state index is 11.8. The lowest BCUT2D eigenvalue weighted by molar-refractivity contribution is -0.121. The second-order valence-electron chi connectivity index (χ2n) is 5.23. The van der Waals surface area contributed by atoms with E-state index in [0.29, 0.717) is 43.4 Å². The van der Waals surface area contributed by atoms with E-state index in [1.165, 1.54) is 0 Å². The fourth-order valence-electron chi connectivity index (χ4n) is 2.15. The van der Waals surface area contributed by atoms with Crippen LogP contribution in [0.1, 0.15) is 25.3 Å². The van der Waals surface area contributed by atoms with Gasteiger partial charge < -0.3 is 14.8 Å². The SMILES string of the molecule is CCOc1ccccc1OCCCC(=O)NCc1ccc(Cl)cc1. The number of carbonyl (C=O) groups is 1. The number of hydrogen-bond acceptors (Lipinski definition) is 3. The second-order valence-corrected chi connectivity index (χ2v) is 5.67. The third kappa shape index (κ3) is 6.13. The van der Waals surface area contributed by atoms with Crippen molar-refractivity contribution in [1.29, 1.82) is 0 Å². The van der Waals surface area contributed by atoms with E-state index in [4.69, 9.17) is 21.1 Å². The predicted molar refractivity (Wildman–Crippen MR) is 95.6 cm³/mol. The average Bonchev–Trinajstić information content (AvgIpc) is 2.60. The van der Waals surface area contributed by atoms with Crippen LogP contribution < -0.4 is 14.8 Å². The van der Waals surface area contributed by atoms with Crippen LogP contribution in [0.15, 0.2) is 48.5 Å². The normalized spacial score (nSPS) is 10.2. The van der Waals surface area contributed by atoms with Gasteiger partial charge in [0.1, 0.15) is 0 Å². The number of amides is 1. The van der Waals surface area contributed by atoms with Crippen LogP contribution >= 0.6 is 11.6 Å². The molecule has 0 spiro atoms. The van der Waals surface area contributed by atoms with Gasteiger partial charge in [-0.1, -0.05) is 35.9 Å². The number of benzene rings is 2. The van der Waals surface area contributed by atoms with Gasteiger partial charge in [-0.25, -0.2) is 0 Å². The largest absolute Gasteiger partial charge is 0.490 e. The van der Waals surface area contributed by atoms with Crippen LogP contribution in [-0.2, 0) is 11.3 Å². The van der Waals surface area contributed by atoms with E-state index >= 15 is 0 Å². The minimum Gasteiger partial charge on any atom is -0.490 e. The van der Waals surface area contributed by atoms with Gasteiger partial charge in [-0.3, -0.25) is 4.79 Å². The van der Waals surface area contributed by atoms with Crippen molar-refractivity contribution in [2.75, 3.05) is 13.2 Å². The molecule has 1 N–H and O–H groups in total. The van der Waals surface area contributed by atoms with Crippen LogP contribution in [0, 0.1) is 0 Å². The molecule has 0 aliphatic carbocycles. The molecule has 0 aliphatic rings. The first kappa shape index (κ1) is 18.1. The minimum atomic E-state index is 0.00615. The van der Waals surface area contributed by atoms with Crippen molar-refractivity contribution in [3.63, 3.8) is 0 Å². The Morgan fingerprint density at radius 2 is 1.71 bits per heavy atom. The summed E-state index contributed by atoms with van der Waals surface area (Å²) in [5.41, 5.74) is 1.02. The molecular formula is C19H22ClNO3. The van der Waals surface area contributed by atoms with Gasteiger partial charge in [0.25, 0.3) is 0 Å². The van der Waals surface area contributed by atoms with E-state index in [0.717, 1.165) is 11.3 Å². The van der Waals surface area contributed by atoms with Gasteiger partial charge in [-0.2, -0.15) is 0 Å². The summed E-state index contributed by atoms with van der Waals surface area (Å²) in [7, 11) is 0. The minimum absolute atomic E-state index is 0.00615. The van der Waals surface area contributed by atoms with Crippen LogP contribution in [0.4, 0.5) is 0 Å². The molecule has 0 saturated carbocycles. The first-order valence-electron chi connectivity index (χ1n) is 8.05. The van der Waals surface area contributed by atoms with Gasteiger partial charge in [0, 0.05) is 18.0 Å². The Morgan fingerprint density at radius 1 is 1.04 bits per heavy atom. The van der Waals surface area contributed by atoms with E-state index in [2.05, 4.69) is 5.32 Å². The average molecular weight is 348 g/mol. The third-order valence-electron chi connectivity index (χ3n) is 3.36. The third-order valence-corrected chi connectivity index (χ3v) is 3.61. The molecule has 0 radical (unpaired) electrons. The van der Waals surface area contributed by atoms with E-state index in [9.17, 15) is 4.79 Å². The standard InChI is InChI=1S/C19H22ClNO3/c1-2-23-17-6-3-4-7-18(17)24-13-5-8-19(22)21-14-15-9-11-16(20)12-10-15/h3-4,6-7,9-12H,2,5,8,13-14H2,1H3,(H,21,22). The quantitative estimate of drug-likeness (QED) is 0.691. The topological polar surface area (TPSA) is 47.6 Å². The molecule has 0 heterocycles. The van der Waals surface area contributed by atoms with Crippen molar-refractivity contribution in [1.82, 2.24) is 5.32 Å². The summed E-state index contributed by atoms with van der Waals surface area (Å²) in [6.45, 7) is 3.50. The summed E-state index contributed by atoms with van der Waals surface area (Å²) in [4.78, 5) is 11.8. The first-order valence-corrected chi connectivity index (χ1v) is 8.42. The smallest absolute Gasteiger partial charge is 0.220 e. The number of hydrogen-bond donors (Lipinski definition) is 1. The summed E-state index contributed by atoms with van der Waals surface area (Å²) in [5.74, 6) is 1.44. The van der Waals surface area contributed by atoms with E-state index in [1.807, 2.05) is 55.5 Å². The molecule has 2 rings (SSSR count). The Morgan fingerprint density at radius 3 is 2.38 bits per heavy atom. The van der Waals surface area contributed by atoms with E-state index < -0.39 is 0 Å². The Kier molecular flexibility index (Phi) is 7.43. The van der Waals surface area contributed by atoms with Crippen LogP contribution in [0.25, 0.3) is 0 Å². The lowest BCUT2D eigenvalue weighted by Gasteiger charge is -2.11. The molecule has 0 saturated heterocycles. The molecule has 0 aliphatic heterocycles. The molecular weight excluding hydrogens is 326 g/mol. The highest BCUT2D eigenvalue weighted by molar-refractivity contribution is 6.30. The number of carbonyl (C=O) groups excluding carboxylic acids is 1. The summed E-state index contributed by atoms with van der Waals surface area (Å²) in [5, 5.41) is 3.58. The highest BCUT2D eigenvalue weighted by Crippen LogP contribution is 2.26. The molecule has 0 bridgehead atoms. The number of para-hydroxylation sites is 2. The zero-order valence-corrected chi connectivity index (χ0v) is 14.5. The maximum Gasteiger partial charge on any atom is 0.220 e. The lowest BCUT2D eigenvalue weighted by atomic mass is 10.2. The molecule has 5 heteroatoms. The highest BCUT2D eigenvalue weighted by Gasteiger charge is 2.05. The van der Waals surface area contributed by atoms with Crippen molar-refractivity contribution < 1.29 is 14.3 Å². The Labute approximate surface area is 147 Å². The Hall–Kier alpha value is -2.20. The van der Waals surface area contributed by atoms with Crippen LogP contribution in [0.5, 0.6) is 11.5 Å². The Bertz CT molecular complexity index is 643. The van der Waals surface area contributed by atoms with Gasteiger partial charge in [0.15, 0.2) is 11.5 Å². The maximum atomic E-state index is 11.8. The molecule has 0 aromatic heterocycles. The first-order chi connectivity index (χ1) is 11.7. The van der Waals surface area contributed by atoms with Crippen molar-refractivity contribution >= 4 is 17.5 Å². The fourth-order valence-corrected chi connectivity index (χ4v) is 2.28. The number of halogens is 1.